The Labute approximate surface area is 210 Å². The van der Waals surface area contributed by atoms with Crippen molar-refractivity contribution in [3.63, 3.8) is 0 Å². The summed E-state index contributed by atoms with van der Waals surface area (Å²) in [6, 6.07) is 16.9. The molecular formula is C30H31FO5. The number of benzene rings is 3. The lowest BCUT2D eigenvalue weighted by Gasteiger charge is -2.23. The van der Waals surface area contributed by atoms with Crippen molar-refractivity contribution >= 4 is 11.8 Å². The van der Waals surface area contributed by atoms with Gasteiger partial charge in [0.1, 0.15) is 17.3 Å². The van der Waals surface area contributed by atoms with Crippen molar-refractivity contribution < 1.29 is 28.6 Å². The first-order chi connectivity index (χ1) is 17.3. The van der Waals surface area contributed by atoms with Gasteiger partial charge in [-0.2, -0.15) is 0 Å². The SMILES string of the molecule is COC(=O)[C@@H](C)[C@H](c1ccc(CCC(=O)c2ccc(-c3cc(OC)ccc3F)cc2)c(O)c1)C1CC1. The second-order valence-corrected chi connectivity index (χ2v) is 9.41. The Morgan fingerprint density at radius 3 is 2.36 bits per heavy atom. The van der Waals surface area contributed by atoms with Crippen LogP contribution in [0, 0.1) is 17.7 Å². The van der Waals surface area contributed by atoms with Crippen LogP contribution >= 0.6 is 0 Å². The first kappa shape index (κ1) is 25.4. The van der Waals surface area contributed by atoms with Gasteiger partial charge in [0.15, 0.2) is 5.78 Å². The molecule has 6 heteroatoms. The standard InChI is InChI=1S/C30H31FO5/c1-18(30(34)36-3)29(22-9-10-22)23-11-8-21(28(33)16-23)12-15-27(32)20-6-4-19(5-7-20)25-17-24(35-2)13-14-26(25)31/h4-8,11,13-14,16-18,22,29,33H,9-10,12,15H2,1-3H3/t18-,29-/m0/s1. The van der Waals surface area contributed by atoms with Crippen molar-refractivity contribution in [3.05, 3.63) is 83.2 Å². The van der Waals surface area contributed by atoms with Crippen LogP contribution < -0.4 is 4.74 Å². The van der Waals surface area contributed by atoms with Crippen molar-refractivity contribution in [2.45, 2.75) is 38.5 Å². The Morgan fingerprint density at radius 2 is 1.75 bits per heavy atom. The van der Waals surface area contributed by atoms with Gasteiger partial charge >= 0.3 is 5.97 Å². The number of halogens is 1. The van der Waals surface area contributed by atoms with Gasteiger partial charge in [-0.1, -0.05) is 43.3 Å². The number of ether oxygens (including phenoxy) is 2. The molecule has 0 amide bonds. The Balaban J connectivity index is 1.42. The van der Waals surface area contributed by atoms with Crippen LogP contribution in [0.2, 0.25) is 0 Å². The summed E-state index contributed by atoms with van der Waals surface area (Å²) < 4.78 is 24.4. The topological polar surface area (TPSA) is 72.8 Å². The molecule has 0 bridgehead atoms. The molecule has 1 aliphatic carbocycles. The average Bonchev–Trinajstić information content (AvgIpc) is 3.73. The van der Waals surface area contributed by atoms with E-state index in [0.717, 1.165) is 18.4 Å². The predicted octanol–water partition coefficient (Wildman–Crippen LogP) is 6.33. The molecule has 0 saturated heterocycles. The summed E-state index contributed by atoms with van der Waals surface area (Å²) in [7, 11) is 2.92. The predicted molar refractivity (Wildman–Crippen MR) is 136 cm³/mol. The monoisotopic (exact) mass is 490 g/mol. The van der Waals surface area contributed by atoms with Crippen LogP contribution in [0.15, 0.2) is 60.7 Å². The van der Waals surface area contributed by atoms with Crippen LogP contribution in [0.4, 0.5) is 4.39 Å². The molecule has 3 aromatic carbocycles. The highest BCUT2D eigenvalue weighted by Gasteiger charge is 2.39. The second-order valence-electron chi connectivity index (χ2n) is 9.41. The summed E-state index contributed by atoms with van der Waals surface area (Å²) in [5.74, 6) is 0.146. The van der Waals surface area contributed by atoms with Gasteiger partial charge in [-0.25, -0.2) is 4.39 Å². The number of ketones is 1. The molecule has 0 aliphatic heterocycles. The van der Waals surface area contributed by atoms with Crippen molar-refractivity contribution in [2.75, 3.05) is 14.2 Å². The van der Waals surface area contributed by atoms with E-state index in [2.05, 4.69) is 0 Å². The van der Waals surface area contributed by atoms with Crippen molar-refractivity contribution in [1.29, 1.82) is 0 Å². The van der Waals surface area contributed by atoms with E-state index in [-0.39, 0.29) is 41.6 Å². The van der Waals surface area contributed by atoms with Crippen molar-refractivity contribution in [1.82, 2.24) is 0 Å². The van der Waals surface area contributed by atoms with Gasteiger partial charge in [0.25, 0.3) is 0 Å². The molecule has 0 radical (unpaired) electrons. The maximum absolute atomic E-state index is 14.3. The van der Waals surface area contributed by atoms with Gasteiger partial charge in [0, 0.05) is 17.5 Å². The quantitative estimate of drug-likeness (QED) is 0.266. The molecule has 2 atom stereocenters. The van der Waals surface area contributed by atoms with Crippen LogP contribution in [-0.2, 0) is 16.0 Å². The molecule has 0 aromatic heterocycles. The highest BCUT2D eigenvalue weighted by atomic mass is 19.1. The fraction of sp³-hybridized carbons (Fsp3) is 0.333. The molecule has 0 unspecified atom stereocenters. The van der Waals surface area contributed by atoms with E-state index >= 15 is 0 Å². The summed E-state index contributed by atoms with van der Waals surface area (Å²) in [5.41, 5.74) is 3.19. The second kappa shape index (κ2) is 10.9. The number of phenols is 1. The van der Waals surface area contributed by atoms with Crippen LogP contribution in [0.5, 0.6) is 11.5 Å². The highest BCUT2D eigenvalue weighted by molar-refractivity contribution is 5.96. The van der Waals surface area contributed by atoms with Crippen LogP contribution in [0.1, 0.15) is 53.6 Å². The largest absolute Gasteiger partial charge is 0.508 e. The summed E-state index contributed by atoms with van der Waals surface area (Å²) in [5, 5.41) is 10.7. The van der Waals surface area contributed by atoms with Crippen molar-refractivity contribution in [3.8, 4) is 22.6 Å². The molecule has 1 fully saturated rings. The van der Waals surface area contributed by atoms with Gasteiger partial charge in [0.2, 0.25) is 0 Å². The fourth-order valence-corrected chi connectivity index (χ4v) is 4.84. The molecule has 0 spiro atoms. The third kappa shape index (κ3) is 5.59. The average molecular weight is 491 g/mol. The molecule has 4 rings (SSSR count). The summed E-state index contributed by atoms with van der Waals surface area (Å²) in [6.45, 7) is 1.87. The maximum Gasteiger partial charge on any atom is 0.309 e. The molecule has 0 heterocycles. The van der Waals surface area contributed by atoms with Crippen LogP contribution in [-0.4, -0.2) is 31.1 Å². The lowest BCUT2D eigenvalue weighted by atomic mass is 9.82. The molecular weight excluding hydrogens is 459 g/mol. The number of methoxy groups -OCH3 is 2. The number of carbonyl (C=O) groups excluding carboxylic acids is 2. The minimum absolute atomic E-state index is 0.00645. The molecule has 1 N–H and O–H groups in total. The van der Waals surface area contributed by atoms with E-state index < -0.39 is 0 Å². The maximum atomic E-state index is 14.3. The number of carbonyl (C=O) groups is 2. The summed E-state index contributed by atoms with van der Waals surface area (Å²) in [6.07, 6.45) is 2.74. The number of aryl methyl sites for hydroxylation is 1. The Hall–Kier alpha value is -3.67. The van der Waals surface area contributed by atoms with Gasteiger partial charge in [-0.3, -0.25) is 9.59 Å². The third-order valence-corrected chi connectivity index (χ3v) is 7.05. The molecule has 36 heavy (non-hydrogen) atoms. The van der Waals surface area contributed by atoms with Gasteiger partial charge < -0.3 is 14.6 Å². The molecule has 5 nitrogen and oxygen atoms in total. The van der Waals surface area contributed by atoms with E-state index in [1.165, 1.54) is 20.3 Å². The number of rotatable bonds is 10. The minimum Gasteiger partial charge on any atom is -0.508 e. The lowest BCUT2D eigenvalue weighted by Crippen LogP contribution is -2.22. The lowest BCUT2D eigenvalue weighted by molar-refractivity contribution is -0.145. The molecule has 3 aromatic rings. The van der Waals surface area contributed by atoms with Gasteiger partial charge in [0.05, 0.1) is 20.1 Å². The van der Waals surface area contributed by atoms with E-state index in [1.807, 2.05) is 19.1 Å². The van der Waals surface area contributed by atoms with E-state index in [1.54, 1.807) is 42.5 Å². The van der Waals surface area contributed by atoms with Crippen molar-refractivity contribution in [2.24, 2.45) is 11.8 Å². The molecule has 188 valence electrons. The zero-order valence-corrected chi connectivity index (χ0v) is 20.8. The normalized spacial score (nSPS) is 14.7. The first-order valence-corrected chi connectivity index (χ1v) is 12.2. The van der Waals surface area contributed by atoms with E-state index in [9.17, 15) is 19.1 Å². The highest BCUT2D eigenvalue weighted by Crippen LogP contribution is 2.47. The number of hydrogen-bond donors (Lipinski definition) is 1. The number of esters is 1. The Morgan fingerprint density at radius 1 is 1.03 bits per heavy atom. The zero-order valence-electron chi connectivity index (χ0n) is 20.8. The summed E-state index contributed by atoms with van der Waals surface area (Å²) >= 11 is 0. The Kier molecular flexibility index (Phi) is 7.73. The molecule has 1 aliphatic rings. The molecule has 1 saturated carbocycles. The fourth-order valence-electron chi connectivity index (χ4n) is 4.84. The zero-order chi connectivity index (χ0) is 25.8. The number of phenolic OH excluding ortho intramolecular Hbond substituents is 1. The number of hydrogen-bond acceptors (Lipinski definition) is 5. The van der Waals surface area contributed by atoms with Crippen LogP contribution in [0.3, 0.4) is 0 Å². The van der Waals surface area contributed by atoms with Gasteiger partial charge in [-0.05, 0) is 72.1 Å². The van der Waals surface area contributed by atoms with Crippen LogP contribution in [0.25, 0.3) is 11.1 Å². The minimum atomic E-state index is -0.362. The third-order valence-electron chi connectivity index (χ3n) is 7.05. The smallest absolute Gasteiger partial charge is 0.309 e. The summed E-state index contributed by atoms with van der Waals surface area (Å²) in [4.78, 5) is 24.9. The number of Topliss-reactive ketones (excluding diaryl/α,β-unsaturated/α-hetero) is 1. The van der Waals surface area contributed by atoms with E-state index in [4.69, 9.17) is 9.47 Å². The van der Waals surface area contributed by atoms with E-state index in [0.29, 0.717) is 40.3 Å². The Bertz CT molecular complexity index is 1250. The van der Waals surface area contributed by atoms with Gasteiger partial charge in [-0.15, -0.1) is 0 Å². The number of aromatic hydroxyl groups is 1. The first-order valence-electron chi connectivity index (χ1n) is 12.2.